The molecule has 0 saturated heterocycles. The van der Waals surface area contributed by atoms with Crippen molar-refractivity contribution in [3.8, 4) is 11.9 Å². The molecule has 0 aliphatic rings. The van der Waals surface area contributed by atoms with Gasteiger partial charge in [-0.1, -0.05) is 18.0 Å². The number of hydrogen-bond donors (Lipinski definition) is 2. The van der Waals surface area contributed by atoms with Crippen molar-refractivity contribution in [1.82, 2.24) is 5.32 Å². The Morgan fingerprint density at radius 2 is 1.53 bits per heavy atom. The quantitative estimate of drug-likeness (QED) is 0.0360. The largest absolute Gasteiger partial charge is 0.494 e. The first kappa shape index (κ1) is 35.7. The van der Waals surface area contributed by atoms with Gasteiger partial charge in [-0.3, -0.25) is 10.3 Å². The minimum atomic E-state index is -0.476. The lowest BCUT2D eigenvalue weighted by Gasteiger charge is -2.08. The molecule has 0 atom stereocenters. The van der Waals surface area contributed by atoms with E-state index in [1.807, 2.05) is 37.4 Å². The Hall–Kier alpha value is -3.47. The van der Waals surface area contributed by atoms with E-state index in [9.17, 15) is 4.79 Å². The molecule has 0 aliphatic heterocycles. The van der Waals surface area contributed by atoms with Gasteiger partial charge in [0.15, 0.2) is 18.6 Å². The van der Waals surface area contributed by atoms with Gasteiger partial charge in [-0.25, -0.2) is 4.79 Å². The minimum Gasteiger partial charge on any atom is -0.494 e. The Morgan fingerprint density at radius 3 is 2.21 bits per heavy atom. The van der Waals surface area contributed by atoms with E-state index in [1.165, 1.54) is 0 Å². The maximum atomic E-state index is 11.9. The van der Waals surface area contributed by atoms with Crippen molar-refractivity contribution in [2.45, 2.75) is 39.3 Å². The molecule has 0 unspecified atom stereocenters. The fraction of sp³-hybridized carbons (Fsp3) is 0.533. The van der Waals surface area contributed by atoms with Gasteiger partial charge in [0.05, 0.1) is 51.9 Å². The molecule has 0 spiro atoms. The number of halogens is 1. The van der Waals surface area contributed by atoms with Gasteiger partial charge < -0.3 is 33.7 Å². The number of hydrogen-bond acceptors (Lipinski definition) is 9. The number of carbonyl (C=O) groups is 1. The predicted octanol–water partition coefficient (Wildman–Crippen LogP) is 3.69. The van der Waals surface area contributed by atoms with E-state index < -0.39 is 5.97 Å². The summed E-state index contributed by atoms with van der Waals surface area (Å²) in [5.41, 5.74) is 0.728. The van der Waals surface area contributed by atoms with E-state index in [0.29, 0.717) is 63.8 Å². The number of unbranched alkanes of at least 4 members (excludes halogenated alkanes) is 3. The van der Waals surface area contributed by atoms with E-state index in [-0.39, 0.29) is 19.9 Å². The fourth-order valence-corrected chi connectivity index (χ4v) is 3.58. The molecule has 0 radical (unpaired) electrons. The SMILES string of the molecule is CCOCCOCCOCCOCC(=O)OC[n+]1ccc(NC(=NCCCCCCOc2ccc(Cl)cc2)NC#N)cc1. The molecule has 0 aliphatic carbocycles. The van der Waals surface area contributed by atoms with Crippen molar-refractivity contribution in [2.24, 2.45) is 4.99 Å². The van der Waals surface area contributed by atoms with Crippen LogP contribution in [0.2, 0.25) is 5.02 Å². The molecular weight excluding hydrogens is 578 g/mol. The van der Waals surface area contributed by atoms with Gasteiger partial charge in [0.1, 0.15) is 12.4 Å². The number of esters is 1. The normalized spacial score (nSPS) is 11.1. The third kappa shape index (κ3) is 18.6. The first-order valence-electron chi connectivity index (χ1n) is 14.4. The van der Waals surface area contributed by atoms with Crippen molar-refractivity contribution < 1.29 is 37.8 Å². The van der Waals surface area contributed by atoms with Gasteiger partial charge >= 0.3 is 5.97 Å². The van der Waals surface area contributed by atoms with Crippen molar-refractivity contribution >= 4 is 29.2 Å². The third-order valence-electron chi connectivity index (χ3n) is 5.65. The Bertz CT molecular complexity index is 1080. The van der Waals surface area contributed by atoms with Crippen LogP contribution in [0.3, 0.4) is 0 Å². The number of nitriles is 1. The zero-order valence-corrected chi connectivity index (χ0v) is 25.6. The van der Waals surface area contributed by atoms with Gasteiger partial charge in [-0.15, -0.1) is 0 Å². The van der Waals surface area contributed by atoms with Gasteiger partial charge in [0.2, 0.25) is 5.96 Å². The number of guanidine groups is 1. The molecule has 12 nitrogen and oxygen atoms in total. The highest BCUT2D eigenvalue weighted by Gasteiger charge is 2.08. The van der Waals surface area contributed by atoms with Gasteiger partial charge in [0, 0.05) is 30.3 Å². The summed E-state index contributed by atoms with van der Waals surface area (Å²) in [7, 11) is 0. The molecule has 43 heavy (non-hydrogen) atoms. The van der Waals surface area contributed by atoms with Crippen molar-refractivity contribution in [3.63, 3.8) is 0 Å². The van der Waals surface area contributed by atoms with Crippen LogP contribution in [0.5, 0.6) is 5.75 Å². The molecule has 236 valence electrons. The van der Waals surface area contributed by atoms with Crippen molar-refractivity contribution in [3.05, 3.63) is 53.8 Å². The Kier molecular flexibility index (Phi) is 20.0. The lowest BCUT2D eigenvalue weighted by molar-refractivity contribution is -0.727. The third-order valence-corrected chi connectivity index (χ3v) is 5.90. The highest BCUT2D eigenvalue weighted by molar-refractivity contribution is 6.30. The molecule has 1 aromatic heterocycles. The van der Waals surface area contributed by atoms with Crippen LogP contribution >= 0.6 is 11.6 Å². The van der Waals surface area contributed by atoms with Crippen molar-refractivity contribution in [2.75, 3.05) is 71.3 Å². The fourth-order valence-electron chi connectivity index (χ4n) is 3.45. The number of ether oxygens (including phenoxy) is 6. The molecule has 2 rings (SSSR count). The molecule has 2 aromatic rings. The van der Waals surface area contributed by atoms with Crippen LogP contribution in [-0.2, 0) is 35.2 Å². The minimum absolute atomic E-state index is 0.0419. The Morgan fingerprint density at radius 1 is 0.884 bits per heavy atom. The molecular formula is C30H43ClN5O7+. The van der Waals surface area contributed by atoms with Crippen LogP contribution in [0.4, 0.5) is 5.69 Å². The van der Waals surface area contributed by atoms with E-state index in [0.717, 1.165) is 37.1 Å². The summed E-state index contributed by atoms with van der Waals surface area (Å²) >= 11 is 5.88. The van der Waals surface area contributed by atoms with E-state index in [2.05, 4.69) is 15.6 Å². The topological polar surface area (TPSA) is 137 Å². The second kappa shape index (κ2) is 24.0. The second-order valence-corrected chi connectivity index (χ2v) is 9.47. The maximum absolute atomic E-state index is 11.9. The monoisotopic (exact) mass is 620 g/mol. The van der Waals surface area contributed by atoms with E-state index in [4.69, 9.17) is 45.3 Å². The highest BCUT2D eigenvalue weighted by atomic mass is 35.5. The molecule has 2 N–H and O–H groups in total. The molecule has 0 saturated carbocycles. The second-order valence-electron chi connectivity index (χ2n) is 9.03. The summed E-state index contributed by atoms with van der Waals surface area (Å²) in [5, 5.41) is 15.4. The molecule has 1 aromatic carbocycles. The van der Waals surface area contributed by atoms with Crippen LogP contribution in [0.1, 0.15) is 32.6 Å². The number of nitrogens with one attached hydrogen (secondary N) is 2. The number of aromatic nitrogens is 1. The lowest BCUT2D eigenvalue weighted by Crippen LogP contribution is -2.36. The molecule has 0 fully saturated rings. The first-order chi connectivity index (χ1) is 21.1. The molecule has 1 heterocycles. The van der Waals surface area contributed by atoms with Gasteiger partial charge in [-0.2, -0.15) is 9.83 Å². The van der Waals surface area contributed by atoms with E-state index in [1.54, 1.807) is 29.1 Å². The number of benzene rings is 1. The number of nitrogens with zero attached hydrogens (tertiary/aromatic N) is 3. The lowest BCUT2D eigenvalue weighted by atomic mass is 10.2. The Labute approximate surface area is 258 Å². The van der Waals surface area contributed by atoms with Crippen LogP contribution < -0.4 is 19.9 Å². The zero-order chi connectivity index (χ0) is 30.8. The summed E-state index contributed by atoms with van der Waals surface area (Å²) < 4.78 is 33.8. The standard InChI is InChI=1S/C30H42ClN5O7/c1-2-38-17-18-39-19-20-40-21-22-41-23-29(37)43-25-36-14-11-27(12-15-36)35-30(34-24-32)33-13-5-3-4-6-16-42-28-9-7-26(31)8-10-28/h7-12,14-15H,2-6,13,16-23,25H2,1H3,(H,33,34)/p+1. The zero-order valence-electron chi connectivity index (χ0n) is 24.8. The summed E-state index contributed by atoms with van der Waals surface area (Å²) in [6, 6.07) is 10.9. The predicted molar refractivity (Wildman–Crippen MR) is 162 cm³/mol. The first-order valence-corrected chi connectivity index (χ1v) is 14.8. The van der Waals surface area contributed by atoms with E-state index >= 15 is 0 Å². The number of pyridine rings is 1. The number of rotatable bonds is 23. The van der Waals surface area contributed by atoms with Crippen molar-refractivity contribution in [1.29, 1.82) is 5.26 Å². The average molecular weight is 621 g/mol. The average Bonchev–Trinajstić information content (AvgIpc) is 3.01. The highest BCUT2D eigenvalue weighted by Crippen LogP contribution is 2.16. The summed E-state index contributed by atoms with van der Waals surface area (Å²) in [6.07, 6.45) is 9.25. The number of carbonyl (C=O) groups excluding carboxylic acids is 1. The smallest absolute Gasteiger partial charge is 0.336 e. The summed E-state index contributed by atoms with van der Waals surface area (Å²) in [5.74, 6) is 0.706. The van der Waals surface area contributed by atoms with Gasteiger partial charge in [0.25, 0.3) is 6.73 Å². The molecule has 0 bridgehead atoms. The maximum Gasteiger partial charge on any atom is 0.336 e. The Balaban J connectivity index is 1.53. The summed E-state index contributed by atoms with van der Waals surface area (Å²) in [6.45, 7) is 6.40. The number of aliphatic imine (C=N–C) groups is 1. The van der Waals surface area contributed by atoms with Crippen LogP contribution in [0.15, 0.2) is 53.8 Å². The van der Waals surface area contributed by atoms with Gasteiger partial charge in [-0.05, 0) is 50.5 Å². The van der Waals surface area contributed by atoms with Crippen LogP contribution in [0, 0.1) is 11.5 Å². The summed E-state index contributed by atoms with van der Waals surface area (Å²) in [4.78, 5) is 16.4. The molecule has 13 heteroatoms. The number of anilines is 1. The van der Waals surface area contributed by atoms with Crippen LogP contribution in [0.25, 0.3) is 0 Å². The molecule has 0 amide bonds. The van der Waals surface area contributed by atoms with Crippen LogP contribution in [-0.4, -0.2) is 77.9 Å².